The maximum atomic E-state index is 12.6. The lowest BCUT2D eigenvalue weighted by Gasteiger charge is -2.19. The van der Waals surface area contributed by atoms with Crippen molar-refractivity contribution in [1.29, 1.82) is 0 Å². The van der Waals surface area contributed by atoms with E-state index in [1.54, 1.807) is 25.3 Å². The molecule has 0 unspecified atom stereocenters. The van der Waals surface area contributed by atoms with Crippen LogP contribution in [0.25, 0.3) is 0 Å². The molecule has 1 N–H and O–H groups in total. The van der Waals surface area contributed by atoms with Gasteiger partial charge in [0.05, 0.1) is 12.8 Å². The van der Waals surface area contributed by atoms with Gasteiger partial charge < -0.3 is 14.6 Å². The highest BCUT2D eigenvalue weighted by Crippen LogP contribution is 2.38. The fourth-order valence-corrected chi connectivity index (χ4v) is 4.21. The second-order valence-corrected chi connectivity index (χ2v) is 7.78. The standard InChI is InChI=1S/C17H18N4O2S2/c1-21(2)15(22)14(12-7-4-3-5-8-12)24-17-20-19-16(25-17)18-11-13-9-6-10-23-13/h3-10,14H,11H2,1-2H3,(H,18,19)/t14-/m1/s1. The Kier molecular flexibility index (Phi) is 5.72. The molecule has 1 aromatic carbocycles. The van der Waals surface area contributed by atoms with Gasteiger partial charge in [-0.1, -0.05) is 53.4 Å². The van der Waals surface area contributed by atoms with Crippen molar-refractivity contribution in [2.45, 2.75) is 16.1 Å². The molecule has 0 bridgehead atoms. The van der Waals surface area contributed by atoms with Crippen LogP contribution in [0.4, 0.5) is 5.13 Å². The van der Waals surface area contributed by atoms with Gasteiger partial charge in [0.1, 0.15) is 11.0 Å². The molecule has 0 radical (unpaired) electrons. The number of furan rings is 1. The van der Waals surface area contributed by atoms with Gasteiger partial charge in [-0.2, -0.15) is 0 Å². The van der Waals surface area contributed by atoms with Gasteiger partial charge in [0.2, 0.25) is 11.0 Å². The highest BCUT2D eigenvalue weighted by Gasteiger charge is 2.25. The van der Waals surface area contributed by atoms with Crippen molar-refractivity contribution in [3.05, 3.63) is 60.1 Å². The van der Waals surface area contributed by atoms with Crippen LogP contribution in [0, 0.1) is 0 Å². The highest BCUT2D eigenvalue weighted by molar-refractivity contribution is 8.01. The Morgan fingerprint density at radius 2 is 2.04 bits per heavy atom. The van der Waals surface area contributed by atoms with E-state index in [0.717, 1.165) is 15.7 Å². The number of amides is 1. The molecule has 0 aliphatic carbocycles. The summed E-state index contributed by atoms with van der Waals surface area (Å²) in [5.74, 6) is 0.853. The zero-order valence-corrected chi connectivity index (χ0v) is 15.5. The van der Waals surface area contributed by atoms with Crippen LogP contribution < -0.4 is 5.32 Å². The van der Waals surface area contributed by atoms with Crippen LogP contribution in [0.15, 0.2) is 57.5 Å². The molecule has 3 rings (SSSR count). The quantitative estimate of drug-likeness (QED) is 0.636. The summed E-state index contributed by atoms with van der Waals surface area (Å²) >= 11 is 2.84. The maximum Gasteiger partial charge on any atom is 0.240 e. The number of likely N-dealkylation sites (N-methyl/N-ethyl adjacent to an activating group) is 1. The number of thioether (sulfide) groups is 1. The second-order valence-electron chi connectivity index (χ2n) is 5.45. The Morgan fingerprint density at radius 3 is 2.72 bits per heavy atom. The molecule has 0 saturated heterocycles. The van der Waals surface area contributed by atoms with E-state index >= 15 is 0 Å². The summed E-state index contributed by atoms with van der Waals surface area (Å²) in [5.41, 5.74) is 0.950. The van der Waals surface area contributed by atoms with Gasteiger partial charge in [-0.05, 0) is 17.7 Å². The summed E-state index contributed by atoms with van der Waals surface area (Å²) in [6.45, 7) is 0.547. The van der Waals surface area contributed by atoms with E-state index in [2.05, 4.69) is 15.5 Å². The molecule has 25 heavy (non-hydrogen) atoms. The number of carbonyl (C=O) groups is 1. The smallest absolute Gasteiger partial charge is 0.240 e. The molecule has 6 nitrogen and oxygen atoms in total. The van der Waals surface area contributed by atoms with E-state index < -0.39 is 0 Å². The molecule has 130 valence electrons. The van der Waals surface area contributed by atoms with E-state index in [9.17, 15) is 4.79 Å². The molecule has 3 aromatic rings. The van der Waals surface area contributed by atoms with Crippen molar-refractivity contribution in [2.24, 2.45) is 0 Å². The molecule has 0 fully saturated rings. The van der Waals surface area contributed by atoms with Crippen LogP contribution in [-0.4, -0.2) is 35.1 Å². The number of carbonyl (C=O) groups excluding carboxylic acids is 1. The lowest BCUT2D eigenvalue weighted by Crippen LogP contribution is -2.26. The fraction of sp³-hybridized carbons (Fsp3) is 0.235. The second kappa shape index (κ2) is 8.17. The lowest BCUT2D eigenvalue weighted by atomic mass is 10.1. The number of anilines is 1. The summed E-state index contributed by atoms with van der Waals surface area (Å²) in [5, 5.41) is 11.9. The number of benzene rings is 1. The minimum atomic E-state index is -0.345. The Bertz CT molecular complexity index is 803. The Labute approximate surface area is 154 Å². The van der Waals surface area contributed by atoms with Crippen molar-refractivity contribution >= 4 is 34.1 Å². The van der Waals surface area contributed by atoms with Gasteiger partial charge in [-0.3, -0.25) is 4.79 Å². The predicted molar refractivity (Wildman–Crippen MR) is 99.7 cm³/mol. The number of hydrogen-bond donors (Lipinski definition) is 1. The number of rotatable bonds is 7. The van der Waals surface area contributed by atoms with Crippen molar-refractivity contribution in [3.63, 3.8) is 0 Å². The molecule has 2 heterocycles. The number of aromatic nitrogens is 2. The minimum Gasteiger partial charge on any atom is -0.467 e. The monoisotopic (exact) mass is 374 g/mol. The first-order valence-corrected chi connectivity index (χ1v) is 9.35. The third-order valence-electron chi connectivity index (χ3n) is 3.39. The summed E-state index contributed by atoms with van der Waals surface area (Å²) in [6.07, 6.45) is 1.63. The van der Waals surface area contributed by atoms with Crippen molar-refractivity contribution in [1.82, 2.24) is 15.1 Å². The normalized spacial score (nSPS) is 11.9. The zero-order valence-electron chi connectivity index (χ0n) is 13.9. The average Bonchev–Trinajstić information content (AvgIpc) is 3.29. The van der Waals surface area contributed by atoms with Crippen LogP contribution in [0.2, 0.25) is 0 Å². The van der Waals surface area contributed by atoms with E-state index in [4.69, 9.17) is 4.42 Å². The molecule has 0 spiro atoms. The predicted octanol–water partition coefficient (Wildman–Crippen LogP) is 3.66. The van der Waals surface area contributed by atoms with Crippen molar-refractivity contribution in [2.75, 3.05) is 19.4 Å². The van der Waals surface area contributed by atoms with Crippen molar-refractivity contribution in [3.8, 4) is 0 Å². The van der Waals surface area contributed by atoms with E-state index in [1.165, 1.54) is 23.1 Å². The third-order valence-corrected chi connectivity index (χ3v) is 5.59. The van der Waals surface area contributed by atoms with Gasteiger partial charge in [0.25, 0.3) is 0 Å². The minimum absolute atomic E-state index is 0.0245. The number of hydrogen-bond acceptors (Lipinski definition) is 7. The largest absolute Gasteiger partial charge is 0.467 e. The average molecular weight is 374 g/mol. The summed E-state index contributed by atoms with van der Waals surface area (Å²) in [4.78, 5) is 14.2. The van der Waals surface area contributed by atoms with E-state index in [0.29, 0.717) is 11.7 Å². The molecule has 1 amide bonds. The fourth-order valence-electron chi connectivity index (χ4n) is 2.13. The van der Waals surface area contributed by atoms with Gasteiger partial charge in [0.15, 0.2) is 4.34 Å². The van der Waals surface area contributed by atoms with Gasteiger partial charge in [0, 0.05) is 14.1 Å². The Hall–Kier alpha value is -2.32. The SMILES string of the molecule is CN(C)C(=O)[C@H](Sc1nnc(NCc2ccco2)s1)c1ccccc1. The first-order chi connectivity index (χ1) is 12.1. The topological polar surface area (TPSA) is 71.3 Å². The molecule has 2 aromatic heterocycles. The molecule has 0 aliphatic heterocycles. The van der Waals surface area contributed by atoms with Crippen LogP contribution in [-0.2, 0) is 11.3 Å². The Balaban J connectivity index is 1.70. The van der Waals surface area contributed by atoms with Crippen LogP contribution in [0.5, 0.6) is 0 Å². The molecule has 0 aliphatic rings. The first-order valence-electron chi connectivity index (χ1n) is 7.66. The van der Waals surface area contributed by atoms with Gasteiger partial charge >= 0.3 is 0 Å². The van der Waals surface area contributed by atoms with Crippen LogP contribution in [0.1, 0.15) is 16.6 Å². The van der Waals surface area contributed by atoms with Crippen LogP contribution >= 0.6 is 23.1 Å². The maximum absolute atomic E-state index is 12.6. The number of nitrogens with one attached hydrogen (secondary N) is 1. The summed E-state index contributed by atoms with van der Waals surface area (Å²) in [7, 11) is 3.52. The van der Waals surface area contributed by atoms with E-state index in [1.807, 2.05) is 42.5 Å². The zero-order chi connectivity index (χ0) is 17.6. The number of nitrogens with zero attached hydrogens (tertiary/aromatic N) is 3. The van der Waals surface area contributed by atoms with Crippen molar-refractivity contribution < 1.29 is 9.21 Å². The van der Waals surface area contributed by atoms with Gasteiger partial charge in [-0.15, -0.1) is 10.2 Å². The van der Waals surface area contributed by atoms with Crippen LogP contribution in [0.3, 0.4) is 0 Å². The molecule has 8 heteroatoms. The lowest BCUT2D eigenvalue weighted by molar-refractivity contribution is -0.128. The van der Waals surface area contributed by atoms with E-state index in [-0.39, 0.29) is 11.2 Å². The third kappa shape index (κ3) is 4.61. The highest BCUT2D eigenvalue weighted by atomic mass is 32.2. The Morgan fingerprint density at radius 1 is 1.24 bits per heavy atom. The first kappa shape index (κ1) is 17.5. The molecule has 1 atom stereocenters. The molecular formula is C17H18N4O2S2. The molecule has 0 saturated carbocycles. The summed E-state index contributed by atoms with van der Waals surface area (Å²) < 4.78 is 6.02. The van der Waals surface area contributed by atoms with Gasteiger partial charge in [-0.25, -0.2) is 0 Å². The molecular weight excluding hydrogens is 356 g/mol. The summed E-state index contributed by atoms with van der Waals surface area (Å²) in [6, 6.07) is 13.4.